The number of rotatable bonds is 5. The van der Waals surface area contributed by atoms with Crippen molar-refractivity contribution in [3.8, 4) is 0 Å². The van der Waals surface area contributed by atoms with E-state index in [9.17, 15) is 4.79 Å². The average molecular weight is 301 g/mol. The predicted molar refractivity (Wildman–Crippen MR) is 97.6 cm³/mol. The molecule has 0 rings (SSSR count). The second-order valence-corrected chi connectivity index (χ2v) is 4.34. The minimum absolute atomic E-state index is 0.251. The molecule has 0 aromatic heterocycles. The van der Waals surface area contributed by atoms with Crippen LogP contribution in [0.15, 0.2) is 24.3 Å². The molecule has 0 aliphatic rings. The van der Waals surface area contributed by atoms with Crippen LogP contribution in [0.3, 0.4) is 0 Å². The van der Waals surface area contributed by atoms with Crippen molar-refractivity contribution in [3.63, 3.8) is 0 Å². The Kier molecular flexibility index (Phi) is 42.1. The number of hydrogen-bond donors (Lipinski definition) is 0. The zero-order valence-electron chi connectivity index (χ0n) is 16.0. The van der Waals surface area contributed by atoms with Gasteiger partial charge in [-0.15, -0.1) is 0 Å². The minimum Gasteiger partial charge on any atom is -0.463 e. The van der Waals surface area contributed by atoms with Crippen LogP contribution in [0.2, 0.25) is 0 Å². The highest BCUT2D eigenvalue weighted by atomic mass is 16.5. The average Bonchev–Trinajstić information content (AvgIpc) is 2.49. The van der Waals surface area contributed by atoms with Crippen molar-refractivity contribution in [1.82, 2.24) is 0 Å². The van der Waals surface area contributed by atoms with Gasteiger partial charge in [-0.25, -0.2) is 4.79 Å². The summed E-state index contributed by atoms with van der Waals surface area (Å²) in [5, 5.41) is 0. The Morgan fingerprint density at radius 1 is 1.00 bits per heavy atom. The first-order chi connectivity index (χ1) is 9.99. The summed E-state index contributed by atoms with van der Waals surface area (Å²) >= 11 is 0. The maximum Gasteiger partial charge on any atom is 0.330 e. The summed E-state index contributed by atoms with van der Waals surface area (Å²) in [5.74, 6) is 0.634. The molecule has 21 heavy (non-hydrogen) atoms. The molecule has 128 valence electrons. The molecule has 0 atom stereocenters. The largest absolute Gasteiger partial charge is 0.463 e. The van der Waals surface area contributed by atoms with Crippen molar-refractivity contribution in [3.05, 3.63) is 24.3 Å². The van der Waals surface area contributed by atoms with Gasteiger partial charge in [0.1, 0.15) is 0 Å². The smallest absolute Gasteiger partial charge is 0.330 e. The lowest BCUT2D eigenvalue weighted by molar-refractivity contribution is -0.137. The van der Waals surface area contributed by atoms with Crippen LogP contribution in [0.25, 0.3) is 0 Å². The Bertz CT molecular complexity index is 216. The molecule has 0 aliphatic carbocycles. The van der Waals surface area contributed by atoms with Gasteiger partial charge in [-0.2, -0.15) is 0 Å². The summed E-state index contributed by atoms with van der Waals surface area (Å²) in [4.78, 5) is 10.5. The van der Waals surface area contributed by atoms with Crippen LogP contribution in [0.5, 0.6) is 0 Å². The van der Waals surface area contributed by atoms with E-state index in [2.05, 4.69) is 44.6 Å². The van der Waals surface area contributed by atoms with Crippen LogP contribution in [0.1, 0.15) is 81.6 Å². The third kappa shape index (κ3) is 55.0. The van der Waals surface area contributed by atoms with Crippen molar-refractivity contribution < 1.29 is 9.53 Å². The summed E-state index contributed by atoms with van der Waals surface area (Å²) in [6.45, 7) is 19.0. The van der Waals surface area contributed by atoms with Crippen LogP contribution < -0.4 is 0 Å². The van der Waals surface area contributed by atoms with Crippen molar-refractivity contribution in [2.45, 2.75) is 81.6 Å². The highest BCUT2D eigenvalue weighted by molar-refractivity contribution is 5.81. The minimum atomic E-state index is -0.251. The Morgan fingerprint density at radius 3 is 1.62 bits per heavy atom. The third-order valence-corrected chi connectivity index (χ3v) is 2.06. The maximum absolute atomic E-state index is 10.5. The maximum atomic E-state index is 10.5. The molecule has 0 radical (unpaired) electrons. The number of hydrogen-bond acceptors (Lipinski definition) is 2. The highest BCUT2D eigenvalue weighted by Gasteiger charge is 1.89. The van der Waals surface area contributed by atoms with Crippen molar-refractivity contribution in [2.75, 3.05) is 6.61 Å². The second kappa shape index (κ2) is 31.4. The lowest BCUT2D eigenvalue weighted by Gasteiger charge is -1.92. The number of esters is 1. The molecule has 0 saturated heterocycles. The predicted octanol–water partition coefficient (Wildman–Crippen LogP) is 6.57. The third-order valence-electron chi connectivity index (χ3n) is 2.06. The fourth-order valence-corrected chi connectivity index (χ4v) is 0.640. The quantitative estimate of drug-likeness (QED) is 0.326. The SMILES string of the molecule is C/C=C/CC.CC.CC/C=C/C(=O)OCC.CCC(C)C. The fourth-order valence-electron chi connectivity index (χ4n) is 0.640. The Hall–Kier alpha value is -1.05. The molecule has 2 nitrogen and oxygen atoms in total. The van der Waals surface area contributed by atoms with Gasteiger partial charge in [0, 0.05) is 6.08 Å². The lowest BCUT2D eigenvalue weighted by Crippen LogP contribution is -1.98. The van der Waals surface area contributed by atoms with E-state index < -0.39 is 0 Å². The molecule has 0 bridgehead atoms. The number of ether oxygens (including phenoxy) is 1. The van der Waals surface area contributed by atoms with E-state index in [1.165, 1.54) is 12.5 Å². The lowest BCUT2D eigenvalue weighted by atomic mass is 10.2. The van der Waals surface area contributed by atoms with Gasteiger partial charge in [0.2, 0.25) is 0 Å². The molecule has 0 fully saturated rings. The first kappa shape index (κ1) is 28.2. The summed E-state index contributed by atoms with van der Waals surface area (Å²) in [6, 6.07) is 0. The van der Waals surface area contributed by atoms with Gasteiger partial charge in [0.15, 0.2) is 0 Å². The molecule has 0 amide bonds. The van der Waals surface area contributed by atoms with Gasteiger partial charge in [-0.05, 0) is 32.6 Å². The van der Waals surface area contributed by atoms with E-state index in [4.69, 9.17) is 0 Å². The first-order valence-electron chi connectivity index (χ1n) is 8.44. The molecule has 2 heteroatoms. The van der Waals surface area contributed by atoms with Crippen LogP contribution in [-0.4, -0.2) is 12.6 Å². The monoisotopic (exact) mass is 300 g/mol. The van der Waals surface area contributed by atoms with E-state index in [1.807, 2.05) is 27.7 Å². The topological polar surface area (TPSA) is 26.3 Å². The summed E-state index contributed by atoms with van der Waals surface area (Å²) in [5.41, 5.74) is 0. The number of carbonyl (C=O) groups excluding carboxylic acids is 1. The van der Waals surface area contributed by atoms with Crippen molar-refractivity contribution >= 4 is 5.97 Å². The Labute approximate surface area is 134 Å². The fraction of sp³-hybridized carbons (Fsp3) is 0.737. The van der Waals surface area contributed by atoms with Crippen LogP contribution >= 0.6 is 0 Å². The van der Waals surface area contributed by atoms with Gasteiger partial charge in [0.05, 0.1) is 6.61 Å². The molecule has 0 heterocycles. The van der Waals surface area contributed by atoms with Crippen molar-refractivity contribution in [1.29, 1.82) is 0 Å². The highest BCUT2D eigenvalue weighted by Crippen LogP contribution is 1.93. The van der Waals surface area contributed by atoms with E-state index in [1.54, 1.807) is 13.0 Å². The number of carbonyl (C=O) groups is 1. The molecular formula is C19H40O2. The summed E-state index contributed by atoms with van der Waals surface area (Å²) < 4.78 is 4.62. The molecule has 0 saturated carbocycles. The van der Waals surface area contributed by atoms with Gasteiger partial charge in [-0.1, -0.05) is 73.1 Å². The molecule has 0 aromatic rings. The Morgan fingerprint density at radius 2 is 1.43 bits per heavy atom. The molecule has 0 aromatic carbocycles. The summed E-state index contributed by atoms with van der Waals surface area (Å²) in [6.07, 6.45) is 10.7. The van der Waals surface area contributed by atoms with Gasteiger partial charge >= 0.3 is 5.97 Å². The van der Waals surface area contributed by atoms with Crippen LogP contribution in [0.4, 0.5) is 0 Å². The van der Waals surface area contributed by atoms with Crippen LogP contribution in [-0.2, 0) is 9.53 Å². The molecule has 0 spiro atoms. The molecule has 0 unspecified atom stereocenters. The molecular weight excluding hydrogens is 260 g/mol. The van der Waals surface area contributed by atoms with E-state index in [-0.39, 0.29) is 5.97 Å². The van der Waals surface area contributed by atoms with Gasteiger partial charge in [-0.3, -0.25) is 0 Å². The standard InChI is InChI=1S/C7H12O2.C5H12.C5H10.C2H6/c1-3-5-6-7(8)9-4-2;1-4-5(2)3;1-3-5-4-2;1-2/h5-6H,3-4H2,1-2H3;5H,4H2,1-3H3;3,5H,4H2,1-2H3;1-2H3/b6-5+;;5-3+;. The normalized spacial score (nSPS) is 9.24. The van der Waals surface area contributed by atoms with Crippen molar-refractivity contribution in [2.24, 2.45) is 5.92 Å². The Balaban J connectivity index is -0.000000104. The van der Waals surface area contributed by atoms with E-state index in [0.29, 0.717) is 6.61 Å². The zero-order valence-corrected chi connectivity index (χ0v) is 16.0. The number of allylic oxidation sites excluding steroid dienone is 3. The molecule has 0 aliphatic heterocycles. The van der Waals surface area contributed by atoms with Gasteiger partial charge in [0.25, 0.3) is 0 Å². The first-order valence-corrected chi connectivity index (χ1v) is 8.44. The van der Waals surface area contributed by atoms with Gasteiger partial charge < -0.3 is 4.74 Å². The van der Waals surface area contributed by atoms with Crippen LogP contribution in [0, 0.1) is 5.92 Å². The molecule has 0 N–H and O–H groups in total. The zero-order chi connectivity index (χ0) is 17.5. The van der Waals surface area contributed by atoms with E-state index in [0.717, 1.165) is 18.8 Å². The second-order valence-electron chi connectivity index (χ2n) is 4.34. The van der Waals surface area contributed by atoms with E-state index >= 15 is 0 Å². The summed E-state index contributed by atoms with van der Waals surface area (Å²) in [7, 11) is 0.